The zero-order valence-electron chi connectivity index (χ0n) is 10.5. The molecule has 2 aromatic rings. The van der Waals surface area contributed by atoms with Crippen LogP contribution in [0.1, 0.15) is 11.1 Å². The Morgan fingerprint density at radius 2 is 1.85 bits per heavy atom. The van der Waals surface area contributed by atoms with Gasteiger partial charge in [0.15, 0.2) is 0 Å². The minimum absolute atomic E-state index is 0.0487. The van der Waals surface area contributed by atoms with Crippen LogP contribution in [-0.4, -0.2) is 10.0 Å². The van der Waals surface area contributed by atoms with Crippen molar-refractivity contribution in [1.82, 2.24) is 5.32 Å². The first-order valence-corrected chi connectivity index (χ1v) is 6.35. The summed E-state index contributed by atoms with van der Waals surface area (Å²) in [6.45, 7) is 0.891. The van der Waals surface area contributed by atoms with E-state index in [0.717, 1.165) is 5.56 Å². The molecule has 20 heavy (non-hydrogen) atoms. The number of phenols is 1. The van der Waals surface area contributed by atoms with Crippen molar-refractivity contribution in [3.8, 4) is 5.75 Å². The molecule has 0 aliphatic rings. The summed E-state index contributed by atoms with van der Waals surface area (Å²) in [7, 11) is 0. The molecule has 2 N–H and O–H groups in total. The number of hydrogen-bond donors (Lipinski definition) is 2. The number of hydrogen-bond acceptors (Lipinski definition) is 4. The van der Waals surface area contributed by atoms with Gasteiger partial charge in [0, 0.05) is 29.7 Å². The molecule has 0 fully saturated rings. The Morgan fingerprint density at radius 1 is 1.15 bits per heavy atom. The minimum atomic E-state index is -0.423. The lowest BCUT2D eigenvalue weighted by Gasteiger charge is -2.06. The standard InChI is InChI=1S/C14H13ClN2O3/c15-12-3-6-14(17(19)20)11(7-12)9-16-8-10-1-4-13(18)5-2-10/h1-7,16,18H,8-9H2. The molecule has 2 aromatic carbocycles. The largest absolute Gasteiger partial charge is 0.508 e. The second-order valence-electron chi connectivity index (χ2n) is 4.30. The number of halogens is 1. The number of nitro groups is 1. The summed E-state index contributed by atoms with van der Waals surface area (Å²) in [4.78, 5) is 10.5. The van der Waals surface area contributed by atoms with E-state index in [1.54, 1.807) is 30.3 Å². The molecular weight excluding hydrogens is 280 g/mol. The summed E-state index contributed by atoms with van der Waals surface area (Å²) < 4.78 is 0. The summed E-state index contributed by atoms with van der Waals surface area (Å²) >= 11 is 5.86. The van der Waals surface area contributed by atoms with E-state index in [2.05, 4.69) is 5.32 Å². The molecule has 0 saturated heterocycles. The average molecular weight is 293 g/mol. The first kappa shape index (κ1) is 14.3. The average Bonchev–Trinajstić information content (AvgIpc) is 2.41. The van der Waals surface area contributed by atoms with Gasteiger partial charge in [-0.25, -0.2) is 0 Å². The summed E-state index contributed by atoms with van der Waals surface area (Å²) in [6.07, 6.45) is 0. The molecule has 2 rings (SSSR count). The van der Waals surface area contributed by atoms with Crippen LogP contribution in [0.5, 0.6) is 5.75 Å². The maximum Gasteiger partial charge on any atom is 0.273 e. The number of benzene rings is 2. The van der Waals surface area contributed by atoms with Crippen LogP contribution in [0, 0.1) is 10.1 Å². The number of nitro benzene ring substituents is 1. The van der Waals surface area contributed by atoms with Gasteiger partial charge in [-0.15, -0.1) is 0 Å². The number of phenolic OH excluding ortho intramolecular Hbond substituents is 1. The number of rotatable bonds is 5. The second kappa shape index (κ2) is 6.36. The molecule has 0 heterocycles. The molecule has 0 bridgehead atoms. The van der Waals surface area contributed by atoms with Crippen LogP contribution in [0.2, 0.25) is 5.02 Å². The fourth-order valence-corrected chi connectivity index (χ4v) is 2.02. The van der Waals surface area contributed by atoms with E-state index in [0.29, 0.717) is 23.7 Å². The third kappa shape index (κ3) is 3.69. The molecule has 0 saturated carbocycles. The van der Waals surface area contributed by atoms with Crippen LogP contribution in [0.15, 0.2) is 42.5 Å². The number of aromatic hydroxyl groups is 1. The normalized spacial score (nSPS) is 10.4. The van der Waals surface area contributed by atoms with E-state index >= 15 is 0 Å². The SMILES string of the molecule is O=[N+]([O-])c1ccc(Cl)cc1CNCc1ccc(O)cc1. The fourth-order valence-electron chi connectivity index (χ4n) is 1.83. The second-order valence-corrected chi connectivity index (χ2v) is 4.74. The fraction of sp³-hybridized carbons (Fsp3) is 0.143. The van der Waals surface area contributed by atoms with Crippen LogP contribution in [0.25, 0.3) is 0 Å². The zero-order chi connectivity index (χ0) is 14.5. The quantitative estimate of drug-likeness (QED) is 0.655. The highest BCUT2D eigenvalue weighted by molar-refractivity contribution is 6.30. The van der Waals surface area contributed by atoms with Gasteiger partial charge < -0.3 is 10.4 Å². The van der Waals surface area contributed by atoms with Crippen molar-refractivity contribution in [3.63, 3.8) is 0 Å². The molecule has 0 radical (unpaired) electrons. The van der Waals surface area contributed by atoms with Crippen molar-refractivity contribution in [1.29, 1.82) is 0 Å². The van der Waals surface area contributed by atoms with Gasteiger partial charge in [-0.1, -0.05) is 23.7 Å². The van der Waals surface area contributed by atoms with E-state index in [-0.39, 0.29) is 11.4 Å². The monoisotopic (exact) mass is 292 g/mol. The van der Waals surface area contributed by atoms with E-state index in [1.165, 1.54) is 12.1 Å². The van der Waals surface area contributed by atoms with Gasteiger partial charge in [0.25, 0.3) is 5.69 Å². The predicted molar refractivity (Wildman–Crippen MR) is 76.8 cm³/mol. The first-order chi connectivity index (χ1) is 9.56. The van der Waals surface area contributed by atoms with E-state index in [1.807, 2.05) is 0 Å². The molecule has 0 spiro atoms. The lowest BCUT2D eigenvalue weighted by Crippen LogP contribution is -2.13. The number of nitrogens with one attached hydrogen (secondary N) is 1. The van der Waals surface area contributed by atoms with Crippen molar-refractivity contribution in [2.45, 2.75) is 13.1 Å². The third-order valence-electron chi connectivity index (χ3n) is 2.82. The maximum absolute atomic E-state index is 10.9. The van der Waals surface area contributed by atoms with Crippen molar-refractivity contribution in [2.75, 3.05) is 0 Å². The van der Waals surface area contributed by atoms with Gasteiger partial charge >= 0.3 is 0 Å². The van der Waals surface area contributed by atoms with E-state index in [9.17, 15) is 15.2 Å². The van der Waals surface area contributed by atoms with E-state index < -0.39 is 4.92 Å². The Bertz CT molecular complexity index is 614. The van der Waals surface area contributed by atoms with Crippen LogP contribution in [0.4, 0.5) is 5.69 Å². The highest BCUT2D eigenvalue weighted by Gasteiger charge is 2.13. The van der Waals surface area contributed by atoms with Crippen LogP contribution in [0.3, 0.4) is 0 Å². The molecule has 104 valence electrons. The lowest BCUT2D eigenvalue weighted by molar-refractivity contribution is -0.385. The molecule has 0 aromatic heterocycles. The van der Waals surface area contributed by atoms with Crippen LogP contribution in [-0.2, 0) is 13.1 Å². The van der Waals surface area contributed by atoms with Gasteiger partial charge in [-0.05, 0) is 29.8 Å². The van der Waals surface area contributed by atoms with Crippen molar-refractivity contribution >= 4 is 17.3 Å². The maximum atomic E-state index is 10.9. The summed E-state index contributed by atoms with van der Waals surface area (Å²) in [5.41, 5.74) is 1.57. The van der Waals surface area contributed by atoms with Gasteiger partial charge in [0.2, 0.25) is 0 Å². The molecular formula is C14H13ClN2O3. The van der Waals surface area contributed by atoms with Gasteiger partial charge in [-0.2, -0.15) is 0 Å². The Labute approximate surface area is 121 Å². The van der Waals surface area contributed by atoms with Crippen molar-refractivity contribution in [3.05, 3.63) is 68.7 Å². The Balaban J connectivity index is 2.02. The van der Waals surface area contributed by atoms with Gasteiger partial charge in [0.05, 0.1) is 4.92 Å². The van der Waals surface area contributed by atoms with Crippen LogP contribution >= 0.6 is 11.6 Å². The first-order valence-electron chi connectivity index (χ1n) is 5.97. The highest BCUT2D eigenvalue weighted by Crippen LogP contribution is 2.22. The molecule has 0 amide bonds. The molecule has 0 aliphatic heterocycles. The summed E-state index contributed by atoms with van der Waals surface area (Å²) in [6, 6.07) is 11.3. The molecule has 6 heteroatoms. The van der Waals surface area contributed by atoms with Crippen LogP contribution < -0.4 is 5.32 Å². The smallest absolute Gasteiger partial charge is 0.273 e. The summed E-state index contributed by atoms with van der Waals surface area (Å²) in [5.74, 6) is 0.208. The van der Waals surface area contributed by atoms with Crippen molar-refractivity contribution < 1.29 is 10.0 Å². The van der Waals surface area contributed by atoms with E-state index in [4.69, 9.17) is 11.6 Å². The van der Waals surface area contributed by atoms with Gasteiger partial charge in [0.1, 0.15) is 5.75 Å². The lowest BCUT2D eigenvalue weighted by atomic mass is 10.1. The highest BCUT2D eigenvalue weighted by atomic mass is 35.5. The third-order valence-corrected chi connectivity index (χ3v) is 3.05. The van der Waals surface area contributed by atoms with Crippen molar-refractivity contribution in [2.24, 2.45) is 0 Å². The predicted octanol–water partition coefficient (Wildman–Crippen LogP) is 3.24. The minimum Gasteiger partial charge on any atom is -0.508 e. The molecule has 0 unspecified atom stereocenters. The molecule has 5 nitrogen and oxygen atoms in total. The Hall–Kier alpha value is -2.11. The summed E-state index contributed by atoms with van der Waals surface area (Å²) in [5, 5.41) is 23.7. The van der Waals surface area contributed by atoms with Gasteiger partial charge in [-0.3, -0.25) is 10.1 Å². The Kier molecular flexibility index (Phi) is 4.55. The zero-order valence-corrected chi connectivity index (χ0v) is 11.3. The molecule has 0 aliphatic carbocycles. The Morgan fingerprint density at radius 3 is 2.50 bits per heavy atom. The number of nitrogens with zero attached hydrogens (tertiary/aromatic N) is 1. The topological polar surface area (TPSA) is 75.4 Å². The molecule has 0 atom stereocenters.